The Kier molecular flexibility index (Phi) is 3.64. The molecular formula is C9H12N4O3S2. The Balaban J connectivity index is 2.29. The average molecular weight is 288 g/mol. The number of aryl methyl sites for hydroxylation is 1. The van der Waals surface area contributed by atoms with Crippen LogP contribution in [-0.4, -0.2) is 25.7 Å². The zero-order valence-corrected chi connectivity index (χ0v) is 11.4. The van der Waals surface area contributed by atoms with Gasteiger partial charge in [-0.05, 0) is 14.0 Å². The Morgan fingerprint density at radius 2 is 2.28 bits per heavy atom. The molecule has 0 aromatic carbocycles. The molecule has 2 heterocycles. The molecule has 2 rings (SSSR count). The van der Waals surface area contributed by atoms with Crippen LogP contribution in [0.3, 0.4) is 0 Å². The fourth-order valence-electron chi connectivity index (χ4n) is 1.44. The lowest BCUT2D eigenvalue weighted by Gasteiger charge is -2.01. The fraction of sp³-hybridized carbons (Fsp3) is 0.333. The van der Waals surface area contributed by atoms with Gasteiger partial charge in [0.15, 0.2) is 0 Å². The zero-order valence-electron chi connectivity index (χ0n) is 9.80. The van der Waals surface area contributed by atoms with Gasteiger partial charge in [0.05, 0.1) is 6.54 Å². The van der Waals surface area contributed by atoms with Crippen LogP contribution in [0.5, 0.6) is 0 Å². The summed E-state index contributed by atoms with van der Waals surface area (Å²) in [5.74, 6) is 0.907. The van der Waals surface area contributed by atoms with Gasteiger partial charge >= 0.3 is 0 Å². The van der Waals surface area contributed by atoms with E-state index < -0.39 is 10.0 Å². The molecule has 9 heteroatoms. The molecule has 0 radical (unpaired) electrons. The molecule has 2 aromatic heterocycles. The van der Waals surface area contributed by atoms with E-state index in [9.17, 15) is 8.42 Å². The molecule has 0 aliphatic rings. The standard InChI is InChI=1S/C9H12N4O3S2/c1-6-8(3-7(16-6)4-10-2)18(14,15)13-9-12-11-5-17-9/h3,5,10H,4H2,1-2H3,(H,12,13). The van der Waals surface area contributed by atoms with E-state index in [1.807, 2.05) is 0 Å². The summed E-state index contributed by atoms with van der Waals surface area (Å²) in [6.07, 6.45) is 0. The van der Waals surface area contributed by atoms with Crippen LogP contribution in [-0.2, 0) is 16.6 Å². The van der Waals surface area contributed by atoms with Crippen molar-refractivity contribution in [2.45, 2.75) is 18.4 Å². The third-order valence-electron chi connectivity index (χ3n) is 2.15. The molecule has 7 nitrogen and oxygen atoms in total. The van der Waals surface area contributed by atoms with Crippen molar-refractivity contribution in [3.63, 3.8) is 0 Å². The highest BCUT2D eigenvalue weighted by molar-refractivity contribution is 7.93. The summed E-state index contributed by atoms with van der Waals surface area (Å²) in [5, 5.41) is 10.3. The monoisotopic (exact) mass is 288 g/mol. The number of nitrogens with one attached hydrogen (secondary N) is 2. The Labute approximate surface area is 108 Å². The van der Waals surface area contributed by atoms with Crippen LogP contribution in [0.1, 0.15) is 11.5 Å². The van der Waals surface area contributed by atoms with Crippen molar-refractivity contribution in [2.24, 2.45) is 0 Å². The third-order valence-corrected chi connectivity index (χ3v) is 4.33. The molecule has 0 saturated heterocycles. The van der Waals surface area contributed by atoms with Crippen molar-refractivity contribution in [3.8, 4) is 0 Å². The number of nitrogens with zero attached hydrogens (tertiary/aromatic N) is 2. The van der Waals surface area contributed by atoms with Crippen LogP contribution in [0.25, 0.3) is 0 Å². The van der Waals surface area contributed by atoms with Gasteiger partial charge in [-0.1, -0.05) is 11.3 Å². The molecule has 98 valence electrons. The highest BCUT2D eigenvalue weighted by Crippen LogP contribution is 2.23. The molecule has 0 spiro atoms. The minimum absolute atomic E-state index is 0.114. The Morgan fingerprint density at radius 1 is 1.50 bits per heavy atom. The van der Waals surface area contributed by atoms with E-state index in [4.69, 9.17) is 4.42 Å². The van der Waals surface area contributed by atoms with Crippen molar-refractivity contribution in [1.82, 2.24) is 15.5 Å². The molecule has 0 bridgehead atoms. The minimum Gasteiger partial charge on any atom is -0.464 e. The van der Waals surface area contributed by atoms with Gasteiger partial charge < -0.3 is 9.73 Å². The largest absolute Gasteiger partial charge is 0.464 e. The third kappa shape index (κ3) is 2.68. The van der Waals surface area contributed by atoms with Crippen molar-refractivity contribution < 1.29 is 12.8 Å². The second-order valence-corrected chi connectivity index (χ2v) is 6.00. The van der Waals surface area contributed by atoms with Crippen LogP contribution in [0.4, 0.5) is 5.13 Å². The zero-order chi connectivity index (χ0) is 13.2. The quantitative estimate of drug-likeness (QED) is 0.850. The maximum Gasteiger partial charge on any atom is 0.267 e. The molecule has 0 aliphatic carbocycles. The van der Waals surface area contributed by atoms with Crippen LogP contribution in [0.2, 0.25) is 0 Å². The number of anilines is 1. The van der Waals surface area contributed by atoms with Crippen molar-refractivity contribution in [2.75, 3.05) is 11.8 Å². The van der Waals surface area contributed by atoms with E-state index in [1.54, 1.807) is 14.0 Å². The summed E-state index contributed by atoms with van der Waals surface area (Å²) in [6.45, 7) is 2.07. The van der Waals surface area contributed by atoms with E-state index in [-0.39, 0.29) is 10.0 Å². The van der Waals surface area contributed by atoms with E-state index >= 15 is 0 Å². The number of hydrogen-bond donors (Lipinski definition) is 2. The summed E-state index contributed by atoms with van der Waals surface area (Å²) >= 11 is 1.11. The number of hydrogen-bond acceptors (Lipinski definition) is 7. The summed E-state index contributed by atoms with van der Waals surface area (Å²) in [5.41, 5.74) is 1.45. The van der Waals surface area contributed by atoms with Crippen LogP contribution < -0.4 is 10.0 Å². The summed E-state index contributed by atoms with van der Waals surface area (Å²) < 4.78 is 31.9. The number of sulfonamides is 1. The molecule has 0 unspecified atom stereocenters. The molecule has 0 amide bonds. The fourth-order valence-corrected chi connectivity index (χ4v) is 3.34. The maximum atomic E-state index is 12.1. The molecule has 0 atom stereocenters. The molecule has 18 heavy (non-hydrogen) atoms. The van der Waals surface area contributed by atoms with E-state index in [0.717, 1.165) is 11.3 Å². The first-order chi connectivity index (χ1) is 8.53. The Hall–Kier alpha value is -1.45. The van der Waals surface area contributed by atoms with E-state index in [2.05, 4.69) is 20.2 Å². The smallest absolute Gasteiger partial charge is 0.267 e. The number of aromatic nitrogens is 2. The van der Waals surface area contributed by atoms with Crippen molar-refractivity contribution in [1.29, 1.82) is 0 Å². The van der Waals surface area contributed by atoms with Crippen LogP contribution in [0.15, 0.2) is 20.9 Å². The van der Waals surface area contributed by atoms with E-state index in [0.29, 0.717) is 18.1 Å². The Bertz CT molecular complexity index is 618. The second-order valence-electron chi connectivity index (χ2n) is 3.51. The Morgan fingerprint density at radius 3 is 2.89 bits per heavy atom. The van der Waals surface area contributed by atoms with E-state index in [1.165, 1.54) is 11.6 Å². The highest BCUT2D eigenvalue weighted by Gasteiger charge is 2.22. The number of furan rings is 1. The predicted molar refractivity (Wildman–Crippen MR) is 66.9 cm³/mol. The molecule has 0 saturated carbocycles. The summed E-state index contributed by atoms with van der Waals surface area (Å²) in [7, 11) is -1.92. The highest BCUT2D eigenvalue weighted by atomic mass is 32.2. The molecular weight excluding hydrogens is 276 g/mol. The first kappa shape index (κ1) is 13.0. The maximum absolute atomic E-state index is 12.1. The van der Waals surface area contributed by atoms with Gasteiger partial charge in [-0.15, -0.1) is 10.2 Å². The summed E-state index contributed by atoms with van der Waals surface area (Å²) in [6, 6.07) is 1.50. The number of rotatable bonds is 5. The lowest BCUT2D eigenvalue weighted by atomic mass is 10.4. The first-order valence-corrected chi connectivity index (χ1v) is 7.42. The van der Waals surface area contributed by atoms with Gasteiger partial charge in [-0.2, -0.15) is 0 Å². The van der Waals surface area contributed by atoms with Gasteiger partial charge in [-0.25, -0.2) is 8.42 Å². The average Bonchev–Trinajstić information content (AvgIpc) is 2.88. The molecule has 2 N–H and O–H groups in total. The van der Waals surface area contributed by atoms with Crippen LogP contribution >= 0.6 is 11.3 Å². The SMILES string of the molecule is CNCc1cc(S(=O)(=O)Nc2nncs2)c(C)o1. The van der Waals surface area contributed by atoms with Gasteiger partial charge in [0.2, 0.25) is 5.13 Å². The first-order valence-electron chi connectivity index (χ1n) is 5.06. The van der Waals surface area contributed by atoms with Gasteiger partial charge in [0.1, 0.15) is 21.9 Å². The molecule has 0 fully saturated rings. The second kappa shape index (κ2) is 5.04. The van der Waals surface area contributed by atoms with Crippen molar-refractivity contribution in [3.05, 3.63) is 23.1 Å². The van der Waals surface area contributed by atoms with Crippen LogP contribution in [0, 0.1) is 6.92 Å². The normalized spacial score (nSPS) is 11.7. The van der Waals surface area contributed by atoms with Gasteiger partial charge in [0.25, 0.3) is 10.0 Å². The lowest BCUT2D eigenvalue weighted by molar-refractivity contribution is 0.466. The molecule has 0 aliphatic heterocycles. The minimum atomic E-state index is -3.68. The molecule has 2 aromatic rings. The lowest BCUT2D eigenvalue weighted by Crippen LogP contribution is -2.13. The predicted octanol–water partition coefficient (Wildman–Crippen LogP) is 0.960. The summed E-state index contributed by atoms with van der Waals surface area (Å²) in [4.78, 5) is 0.114. The van der Waals surface area contributed by atoms with Gasteiger partial charge in [-0.3, -0.25) is 4.72 Å². The topological polar surface area (TPSA) is 97.1 Å². The van der Waals surface area contributed by atoms with Crippen molar-refractivity contribution >= 4 is 26.5 Å². The van der Waals surface area contributed by atoms with Gasteiger partial charge in [0, 0.05) is 6.07 Å².